The molecule has 0 saturated carbocycles. The summed E-state index contributed by atoms with van der Waals surface area (Å²) in [4.78, 5) is 15.2. The largest absolute Gasteiger partial charge is 0.456 e. The van der Waals surface area contributed by atoms with Crippen molar-refractivity contribution in [1.82, 2.24) is 19.5 Å². The minimum Gasteiger partial charge on any atom is -0.456 e. The van der Waals surface area contributed by atoms with Crippen molar-refractivity contribution >= 4 is 76.8 Å². The number of para-hydroxylation sites is 4. The molecule has 16 rings (SSSR count). The van der Waals surface area contributed by atoms with E-state index in [2.05, 4.69) is 211 Å². The third-order valence-corrected chi connectivity index (χ3v) is 16.1. The molecule has 12 aromatic carbocycles. The van der Waals surface area contributed by atoms with Gasteiger partial charge in [0.2, 0.25) is 0 Å². The van der Waals surface area contributed by atoms with Crippen LogP contribution in [0, 0.1) is 0 Å². The van der Waals surface area contributed by atoms with Crippen molar-refractivity contribution in [3.05, 3.63) is 313 Å². The van der Waals surface area contributed by atoms with Gasteiger partial charge in [-0.25, -0.2) is 15.0 Å². The van der Waals surface area contributed by atoms with Gasteiger partial charge in [-0.2, -0.15) is 0 Å². The molecule has 4 heterocycles. The highest BCUT2D eigenvalue weighted by Gasteiger charge is 2.21. The fraction of sp³-hybridized carbons (Fsp3) is 0. The van der Waals surface area contributed by atoms with E-state index in [-0.39, 0.29) is 0 Å². The molecule has 0 unspecified atom stereocenters. The minimum atomic E-state index is 0.595. The van der Waals surface area contributed by atoms with Gasteiger partial charge in [-0.05, 0) is 116 Å². The summed E-state index contributed by atoms with van der Waals surface area (Å²) in [5.41, 5.74) is 20.4. The van der Waals surface area contributed by atoms with E-state index in [0.717, 1.165) is 122 Å². The molecule has 0 radical (unpaired) electrons. The molecule has 6 heteroatoms. The molecule has 388 valence electrons. The predicted octanol–water partition coefficient (Wildman–Crippen LogP) is 20.1. The molecule has 0 aliphatic rings. The number of fused-ring (bicyclic) bond motifs is 9. The van der Waals surface area contributed by atoms with Crippen LogP contribution in [-0.2, 0) is 0 Å². The Bertz CT molecular complexity index is 5040. The van der Waals surface area contributed by atoms with Crippen molar-refractivity contribution in [3.8, 4) is 62.1 Å². The highest BCUT2D eigenvalue weighted by molar-refractivity contribution is 6.10. The van der Waals surface area contributed by atoms with Gasteiger partial charge >= 0.3 is 0 Å². The number of hydrogen-bond donors (Lipinski definition) is 0. The van der Waals surface area contributed by atoms with E-state index in [0.29, 0.717) is 17.5 Å². The molecular formula is C77H48N4O2. The van der Waals surface area contributed by atoms with Gasteiger partial charge in [-0.3, -0.25) is 0 Å². The van der Waals surface area contributed by atoms with Crippen LogP contribution in [0.1, 0.15) is 22.3 Å². The lowest BCUT2D eigenvalue weighted by Crippen LogP contribution is -2.01. The molecule has 0 saturated heterocycles. The number of aromatic nitrogens is 4. The highest BCUT2D eigenvalue weighted by atomic mass is 16.3. The van der Waals surface area contributed by atoms with Gasteiger partial charge in [0.05, 0.1) is 11.0 Å². The first-order valence-corrected chi connectivity index (χ1v) is 28.0. The molecule has 0 aliphatic heterocycles. The SMILES string of the molecule is c1ccc(-c2nc(-c3ccccc3)nc(-c3ccc(/C(=C(/c4ccc(-c5ccc6c(c5)oc5ccccc56)cc4)c4ccc(-n5c6ccccc6c6ccccc65)cc4)c4ccc(-c5ccc6c(c5)oc5ccccc56)cc4)cc3)n2)cc1. The standard InChI is InChI=1S/C77H48N4O2/c1-3-15-55(16-4-1)75-78-76(56-17-5-2-6-18-56)80-77(79-75)57-37-35-53(36-38-57)73(51-31-27-49(28-32-51)58-41-45-65-63-21-9-13-25-69(63)82-71(65)47-58)74(52-33-29-50(30-34-52)59-42-46-66-64-22-10-14-26-70(64)83-72(66)48-59)54-39-43-60(44-40-54)81-67-23-11-7-19-61(67)62-20-8-12-24-68(62)81/h1-48H/b74-73-. The Labute approximate surface area is 478 Å². The topological polar surface area (TPSA) is 69.9 Å². The molecule has 4 aromatic heterocycles. The van der Waals surface area contributed by atoms with Crippen molar-refractivity contribution < 1.29 is 8.83 Å². The average molecular weight is 1060 g/mol. The van der Waals surface area contributed by atoms with Crippen molar-refractivity contribution in [1.29, 1.82) is 0 Å². The Morgan fingerprint density at radius 1 is 0.241 bits per heavy atom. The summed E-state index contributed by atoms with van der Waals surface area (Å²) < 4.78 is 15.1. The molecule has 0 aliphatic carbocycles. The minimum absolute atomic E-state index is 0.595. The highest BCUT2D eigenvalue weighted by Crippen LogP contribution is 2.42. The third kappa shape index (κ3) is 8.48. The molecule has 0 atom stereocenters. The van der Waals surface area contributed by atoms with E-state index < -0.39 is 0 Å². The zero-order valence-electron chi connectivity index (χ0n) is 44.8. The van der Waals surface area contributed by atoms with Crippen LogP contribution in [0.2, 0.25) is 0 Å². The maximum atomic E-state index is 6.38. The van der Waals surface area contributed by atoms with Crippen LogP contribution in [-0.4, -0.2) is 19.5 Å². The van der Waals surface area contributed by atoms with E-state index in [1.807, 2.05) is 84.9 Å². The van der Waals surface area contributed by atoms with Crippen molar-refractivity contribution in [2.75, 3.05) is 0 Å². The van der Waals surface area contributed by atoms with Crippen LogP contribution < -0.4 is 0 Å². The van der Waals surface area contributed by atoms with Crippen LogP contribution in [0.15, 0.2) is 300 Å². The van der Waals surface area contributed by atoms with Gasteiger partial charge in [0.15, 0.2) is 17.5 Å². The first kappa shape index (κ1) is 47.8. The second kappa shape index (κ2) is 19.9. The molecule has 16 aromatic rings. The zero-order chi connectivity index (χ0) is 54.8. The summed E-state index contributed by atoms with van der Waals surface area (Å²) in [6.45, 7) is 0. The number of rotatable bonds is 10. The summed E-state index contributed by atoms with van der Waals surface area (Å²) in [5.74, 6) is 1.83. The van der Waals surface area contributed by atoms with Gasteiger partial charge in [-0.15, -0.1) is 0 Å². The molecule has 0 spiro atoms. The van der Waals surface area contributed by atoms with Crippen molar-refractivity contribution in [2.45, 2.75) is 0 Å². The molecular weight excluding hydrogens is 1010 g/mol. The Hall–Kier alpha value is -11.2. The van der Waals surface area contributed by atoms with Gasteiger partial charge in [0, 0.05) is 54.7 Å². The van der Waals surface area contributed by atoms with Gasteiger partial charge in [0.1, 0.15) is 22.3 Å². The first-order valence-electron chi connectivity index (χ1n) is 28.0. The fourth-order valence-electron chi connectivity index (χ4n) is 12.1. The van der Waals surface area contributed by atoms with E-state index in [1.165, 1.54) is 21.8 Å². The van der Waals surface area contributed by atoms with E-state index >= 15 is 0 Å². The Kier molecular flexibility index (Phi) is 11.4. The lowest BCUT2D eigenvalue weighted by Gasteiger charge is -2.20. The quantitative estimate of drug-likeness (QED) is 0.128. The van der Waals surface area contributed by atoms with Crippen molar-refractivity contribution in [2.24, 2.45) is 0 Å². The van der Waals surface area contributed by atoms with Gasteiger partial charge < -0.3 is 13.4 Å². The van der Waals surface area contributed by atoms with Gasteiger partial charge in [-0.1, -0.05) is 231 Å². The van der Waals surface area contributed by atoms with Crippen LogP contribution in [0.3, 0.4) is 0 Å². The first-order chi connectivity index (χ1) is 41.1. The summed E-state index contributed by atoms with van der Waals surface area (Å²) in [5, 5.41) is 6.90. The summed E-state index contributed by atoms with van der Waals surface area (Å²) in [6, 6.07) is 103. The number of furan rings is 2. The third-order valence-electron chi connectivity index (χ3n) is 16.1. The fourth-order valence-corrected chi connectivity index (χ4v) is 12.1. The molecule has 0 amide bonds. The lowest BCUT2D eigenvalue weighted by atomic mass is 9.84. The Balaban J connectivity index is 0.882. The number of benzene rings is 12. The van der Waals surface area contributed by atoms with Crippen LogP contribution in [0.5, 0.6) is 0 Å². The smallest absolute Gasteiger partial charge is 0.164 e. The zero-order valence-corrected chi connectivity index (χ0v) is 44.8. The van der Waals surface area contributed by atoms with E-state index in [1.54, 1.807) is 0 Å². The van der Waals surface area contributed by atoms with Crippen LogP contribution in [0.4, 0.5) is 0 Å². The summed E-state index contributed by atoms with van der Waals surface area (Å²) in [7, 11) is 0. The molecule has 0 N–H and O–H groups in total. The van der Waals surface area contributed by atoms with Crippen LogP contribution >= 0.6 is 0 Å². The van der Waals surface area contributed by atoms with E-state index in [9.17, 15) is 0 Å². The molecule has 0 bridgehead atoms. The molecule has 83 heavy (non-hydrogen) atoms. The second-order valence-electron chi connectivity index (χ2n) is 21.1. The number of nitrogens with zero attached hydrogens (tertiary/aromatic N) is 4. The predicted molar refractivity (Wildman–Crippen MR) is 340 cm³/mol. The van der Waals surface area contributed by atoms with E-state index in [4.69, 9.17) is 23.8 Å². The summed E-state index contributed by atoms with van der Waals surface area (Å²) in [6.07, 6.45) is 0. The second-order valence-corrected chi connectivity index (χ2v) is 21.1. The monoisotopic (exact) mass is 1060 g/mol. The molecule has 6 nitrogen and oxygen atoms in total. The number of hydrogen-bond acceptors (Lipinski definition) is 5. The summed E-state index contributed by atoms with van der Waals surface area (Å²) >= 11 is 0. The van der Waals surface area contributed by atoms with Crippen molar-refractivity contribution in [3.63, 3.8) is 0 Å². The normalized spacial score (nSPS) is 12.0. The average Bonchev–Trinajstić information content (AvgIpc) is 4.46. The maximum absolute atomic E-state index is 6.38. The Morgan fingerprint density at radius 2 is 0.554 bits per heavy atom. The maximum Gasteiger partial charge on any atom is 0.164 e. The van der Waals surface area contributed by atoms with Crippen LogP contribution in [0.25, 0.3) is 139 Å². The lowest BCUT2D eigenvalue weighted by molar-refractivity contribution is 0.668. The van der Waals surface area contributed by atoms with Gasteiger partial charge in [0.25, 0.3) is 0 Å². The molecule has 0 fully saturated rings. The Morgan fingerprint density at radius 3 is 0.976 bits per heavy atom.